The van der Waals surface area contributed by atoms with Crippen molar-refractivity contribution in [1.29, 1.82) is 0 Å². The molecular weight excluding hydrogens is 248 g/mol. The number of amides is 2. The van der Waals surface area contributed by atoms with E-state index in [1.165, 1.54) is 5.56 Å². The molecule has 4 nitrogen and oxygen atoms in total. The second kappa shape index (κ2) is 4.72. The van der Waals surface area contributed by atoms with Crippen LogP contribution in [0.2, 0.25) is 0 Å². The smallest absolute Gasteiger partial charge is 0.245 e. The predicted molar refractivity (Wildman–Crippen MR) is 69.3 cm³/mol. The highest BCUT2D eigenvalue weighted by molar-refractivity contribution is 7.07. The molecule has 2 amide bonds. The molecule has 0 aromatic carbocycles. The molecule has 0 spiro atoms. The zero-order valence-corrected chi connectivity index (χ0v) is 10.9. The number of hydrogen-bond donors (Lipinski definition) is 1. The minimum atomic E-state index is -0.256. The van der Waals surface area contributed by atoms with Gasteiger partial charge in [-0.25, -0.2) is 0 Å². The molecule has 1 aromatic rings. The van der Waals surface area contributed by atoms with E-state index in [-0.39, 0.29) is 24.4 Å². The molecule has 2 aliphatic rings. The van der Waals surface area contributed by atoms with Crippen LogP contribution >= 0.6 is 11.3 Å². The highest BCUT2D eigenvalue weighted by Gasteiger charge is 2.42. The lowest BCUT2D eigenvalue weighted by atomic mass is 10.1. The summed E-state index contributed by atoms with van der Waals surface area (Å²) in [6.07, 6.45) is 2.96. The summed E-state index contributed by atoms with van der Waals surface area (Å²) in [7, 11) is 0. The highest BCUT2D eigenvalue weighted by Crippen LogP contribution is 2.34. The van der Waals surface area contributed by atoms with Gasteiger partial charge in [0.05, 0.1) is 6.54 Å². The Kier molecular flexibility index (Phi) is 3.07. The number of piperazine rings is 1. The summed E-state index contributed by atoms with van der Waals surface area (Å²) in [4.78, 5) is 25.6. The third-order valence-corrected chi connectivity index (χ3v) is 4.30. The van der Waals surface area contributed by atoms with Gasteiger partial charge in [0.15, 0.2) is 0 Å². The molecule has 1 N–H and O–H groups in total. The van der Waals surface area contributed by atoms with Gasteiger partial charge in [-0.05, 0) is 47.6 Å². The molecule has 0 bridgehead atoms. The van der Waals surface area contributed by atoms with Crippen LogP contribution in [-0.4, -0.2) is 35.8 Å². The summed E-state index contributed by atoms with van der Waals surface area (Å²) in [5.41, 5.74) is 1.24. The van der Waals surface area contributed by atoms with E-state index in [0.717, 1.165) is 19.3 Å². The van der Waals surface area contributed by atoms with E-state index in [0.29, 0.717) is 12.5 Å². The molecule has 2 heterocycles. The summed E-state index contributed by atoms with van der Waals surface area (Å²) < 4.78 is 0. The second-order valence-corrected chi connectivity index (χ2v) is 5.80. The van der Waals surface area contributed by atoms with E-state index in [4.69, 9.17) is 0 Å². The largest absolute Gasteiger partial charge is 0.342 e. The van der Waals surface area contributed by atoms with E-state index in [1.807, 2.05) is 5.38 Å². The average molecular weight is 264 g/mol. The highest BCUT2D eigenvalue weighted by atomic mass is 32.1. The zero-order valence-electron chi connectivity index (χ0n) is 10.1. The molecule has 5 heteroatoms. The summed E-state index contributed by atoms with van der Waals surface area (Å²) in [5.74, 6) is 0.467. The monoisotopic (exact) mass is 264 g/mol. The SMILES string of the molecule is O=C1CN(CCc2ccsc2)C(=O)C(C2CC2)N1. The molecule has 1 unspecified atom stereocenters. The van der Waals surface area contributed by atoms with Crippen LogP contribution in [0, 0.1) is 5.92 Å². The quantitative estimate of drug-likeness (QED) is 0.883. The first-order valence-electron chi connectivity index (χ1n) is 6.33. The standard InChI is InChI=1S/C13H16N2O2S/c16-11-7-15(5-3-9-4-6-18-8-9)13(17)12(14-11)10-1-2-10/h4,6,8,10,12H,1-3,5,7H2,(H,14,16). The van der Waals surface area contributed by atoms with Crippen LogP contribution in [0.15, 0.2) is 16.8 Å². The van der Waals surface area contributed by atoms with Gasteiger partial charge in [-0.15, -0.1) is 0 Å². The third-order valence-electron chi connectivity index (χ3n) is 3.57. The predicted octanol–water partition coefficient (Wildman–Crippen LogP) is 1.03. The molecule has 96 valence electrons. The molecule has 3 rings (SSSR count). The molecule has 2 fully saturated rings. The molecule has 1 aromatic heterocycles. The van der Waals surface area contributed by atoms with Gasteiger partial charge in [0.1, 0.15) is 6.04 Å². The van der Waals surface area contributed by atoms with E-state index in [2.05, 4.69) is 16.8 Å². The first-order valence-corrected chi connectivity index (χ1v) is 7.27. The van der Waals surface area contributed by atoms with Crippen molar-refractivity contribution in [2.75, 3.05) is 13.1 Å². The molecule has 1 saturated carbocycles. The van der Waals surface area contributed by atoms with E-state index >= 15 is 0 Å². The Hall–Kier alpha value is -1.36. The van der Waals surface area contributed by atoms with Gasteiger partial charge in [0.2, 0.25) is 11.8 Å². The van der Waals surface area contributed by atoms with Gasteiger partial charge in [-0.2, -0.15) is 11.3 Å². The number of hydrogen-bond acceptors (Lipinski definition) is 3. The molecule has 18 heavy (non-hydrogen) atoms. The Bertz CT molecular complexity index is 454. The topological polar surface area (TPSA) is 49.4 Å². The van der Waals surface area contributed by atoms with Crippen molar-refractivity contribution >= 4 is 23.2 Å². The minimum Gasteiger partial charge on any atom is -0.342 e. The molecule has 0 radical (unpaired) electrons. The van der Waals surface area contributed by atoms with Gasteiger partial charge in [-0.3, -0.25) is 9.59 Å². The van der Waals surface area contributed by atoms with Crippen LogP contribution in [0.5, 0.6) is 0 Å². The van der Waals surface area contributed by atoms with Gasteiger partial charge < -0.3 is 10.2 Å². The van der Waals surface area contributed by atoms with Crippen LogP contribution in [-0.2, 0) is 16.0 Å². The Morgan fingerprint density at radius 2 is 2.22 bits per heavy atom. The fraction of sp³-hybridized carbons (Fsp3) is 0.538. The maximum atomic E-state index is 12.2. The van der Waals surface area contributed by atoms with Crippen molar-refractivity contribution in [2.45, 2.75) is 25.3 Å². The molecule has 1 aliphatic carbocycles. The summed E-state index contributed by atoms with van der Waals surface area (Å²) in [5, 5.41) is 6.95. The fourth-order valence-corrected chi connectivity index (χ4v) is 3.07. The van der Waals surface area contributed by atoms with E-state index in [1.54, 1.807) is 16.2 Å². The van der Waals surface area contributed by atoms with Gasteiger partial charge in [-0.1, -0.05) is 0 Å². The number of thiophene rings is 1. The van der Waals surface area contributed by atoms with Crippen LogP contribution in [0.4, 0.5) is 0 Å². The van der Waals surface area contributed by atoms with Crippen LogP contribution < -0.4 is 5.32 Å². The van der Waals surface area contributed by atoms with Crippen LogP contribution in [0.25, 0.3) is 0 Å². The van der Waals surface area contributed by atoms with E-state index < -0.39 is 0 Å². The number of nitrogens with zero attached hydrogens (tertiary/aromatic N) is 1. The van der Waals surface area contributed by atoms with Crippen molar-refractivity contribution in [1.82, 2.24) is 10.2 Å². The lowest BCUT2D eigenvalue weighted by Gasteiger charge is -2.32. The first-order chi connectivity index (χ1) is 8.74. The normalized spacial score (nSPS) is 24.2. The Morgan fingerprint density at radius 3 is 2.89 bits per heavy atom. The Labute approximate surface area is 110 Å². The molecule has 1 aliphatic heterocycles. The molecule has 1 atom stereocenters. The number of rotatable bonds is 4. The molecular formula is C13H16N2O2S. The van der Waals surface area contributed by atoms with Crippen molar-refractivity contribution in [3.63, 3.8) is 0 Å². The lowest BCUT2D eigenvalue weighted by molar-refractivity contribution is -0.144. The van der Waals surface area contributed by atoms with Crippen molar-refractivity contribution in [3.8, 4) is 0 Å². The summed E-state index contributed by atoms with van der Waals surface area (Å²) >= 11 is 1.66. The molecule has 1 saturated heterocycles. The van der Waals surface area contributed by atoms with Crippen molar-refractivity contribution in [2.24, 2.45) is 5.92 Å². The fourth-order valence-electron chi connectivity index (χ4n) is 2.37. The number of carbonyl (C=O) groups is 2. The Morgan fingerprint density at radius 1 is 1.39 bits per heavy atom. The second-order valence-electron chi connectivity index (χ2n) is 5.02. The van der Waals surface area contributed by atoms with Crippen molar-refractivity contribution < 1.29 is 9.59 Å². The lowest BCUT2D eigenvalue weighted by Crippen LogP contribution is -2.59. The first kappa shape index (κ1) is 11.7. The minimum absolute atomic E-state index is 0.0168. The average Bonchev–Trinajstić information content (AvgIpc) is 3.06. The number of nitrogens with one attached hydrogen (secondary N) is 1. The third kappa shape index (κ3) is 2.41. The van der Waals surface area contributed by atoms with Crippen LogP contribution in [0.1, 0.15) is 18.4 Å². The Balaban J connectivity index is 1.62. The summed E-state index contributed by atoms with van der Waals surface area (Å²) in [6, 6.07) is 1.81. The van der Waals surface area contributed by atoms with Gasteiger partial charge in [0, 0.05) is 6.54 Å². The van der Waals surface area contributed by atoms with E-state index in [9.17, 15) is 9.59 Å². The van der Waals surface area contributed by atoms with Gasteiger partial charge >= 0.3 is 0 Å². The maximum absolute atomic E-state index is 12.2. The van der Waals surface area contributed by atoms with Crippen molar-refractivity contribution in [3.05, 3.63) is 22.4 Å². The number of carbonyl (C=O) groups excluding carboxylic acids is 2. The zero-order chi connectivity index (χ0) is 12.5. The van der Waals surface area contributed by atoms with Crippen LogP contribution in [0.3, 0.4) is 0 Å². The van der Waals surface area contributed by atoms with Gasteiger partial charge in [0.25, 0.3) is 0 Å². The summed E-state index contributed by atoms with van der Waals surface area (Å²) in [6.45, 7) is 0.860. The maximum Gasteiger partial charge on any atom is 0.245 e.